The van der Waals surface area contributed by atoms with E-state index in [1.165, 1.54) is 7.11 Å². The Morgan fingerprint density at radius 2 is 2.16 bits per heavy atom. The second-order valence-corrected chi connectivity index (χ2v) is 5.70. The van der Waals surface area contributed by atoms with Gasteiger partial charge in [0, 0.05) is 16.8 Å². The van der Waals surface area contributed by atoms with Gasteiger partial charge in [0.05, 0.1) is 34.3 Å². The van der Waals surface area contributed by atoms with Crippen LogP contribution in [0.15, 0.2) is 41.3 Å². The molecule has 1 aromatic carbocycles. The second-order valence-electron chi connectivity index (χ2n) is 3.84. The lowest BCUT2D eigenvalue weighted by Gasteiger charge is -2.07. The topological polar surface area (TPSA) is 65.2 Å². The van der Waals surface area contributed by atoms with E-state index in [9.17, 15) is 4.21 Å². The van der Waals surface area contributed by atoms with Crippen molar-refractivity contribution >= 4 is 28.1 Å². The highest BCUT2D eigenvalue weighted by molar-refractivity contribution is 7.84. The van der Waals surface area contributed by atoms with Crippen molar-refractivity contribution in [3.8, 4) is 5.88 Å². The number of halogens is 1. The van der Waals surface area contributed by atoms with Crippen molar-refractivity contribution in [2.24, 2.45) is 0 Å². The first-order valence-corrected chi connectivity index (χ1v) is 7.23. The predicted molar refractivity (Wildman–Crippen MR) is 76.8 cm³/mol. The molecule has 0 radical (unpaired) electrons. The summed E-state index contributed by atoms with van der Waals surface area (Å²) >= 11 is 5.89. The van der Waals surface area contributed by atoms with Crippen LogP contribution >= 0.6 is 11.6 Å². The van der Waals surface area contributed by atoms with Crippen LogP contribution in [0.2, 0.25) is 5.02 Å². The molecule has 0 aliphatic carbocycles. The summed E-state index contributed by atoms with van der Waals surface area (Å²) in [5.41, 5.74) is 6.94. The van der Waals surface area contributed by atoms with Crippen LogP contribution in [0.5, 0.6) is 5.88 Å². The van der Waals surface area contributed by atoms with E-state index in [0.717, 1.165) is 0 Å². The predicted octanol–water partition coefficient (Wildman–Crippen LogP) is 2.63. The molecule has 0 fully saturated rings. The van der Waals surface area contributed by atoms with E-state index in [1.54, 1.807) is 36.4 Å². The molecular formula is C13H13ClN2O2S. The molecule has 0 saturated carbocycles. The Hall–Kier alpha value is -1.59. The minimum atomic E-state index is -1.29. The first-order chi connectivity index (χ1) is 9.10. The number of nitrogen functional groups attached to an aromatic ring is 1. The molecule has 0 saturated heterocycles. The molecule has 1 aromatic heterocycles. The van der Waals surface area contributed by atoms with E-state index < -0.39 is 10.8 Å². The van der Waals surface area contributed by atoms with Gasteiger partial charge in [-0.25, -0.2) is 4.98 Å². The van der Waals surface area contributed by atoms with E-state index in [-0.39, 0.29) is 5.75 Å². The number of anilines is 1. The fourth-order valence-electron chi connectivity index (χ4n) is 1.57. The van der Waals surface area contributed by atoms with E-state index >= 15 is 0 Å². The third-order valence-corrected chi connectivity index (χ3v) is 4.13. The summed E-state index contributed by atoms with van der Waals surface area (Å²) in [7, 11) is 0.246. The second kappa shape index (κ2) is 6.04. The maximum absolute atomic E-state index is 12.3. The summed E-state index contributed by atoms with van der Waals surface area (Å²) in [5, 5.41) is 0.510. The van der Waals surface area contributed by atoms with Gasteiger partial charge in [-0.3, -0.25) is 4.21 Å². The number of methoxy groups -OCH3 is 1. The molecule has 4 nitrogen and oxygen atoms in total. The Morgan fingerprint density at radius 3 is 2.89 bits per heavy atom. The minimum absolute atomic E-state index is 0.266. The van der Waals surface area contributed by atoms with Crippen molar-refractivity contribution in [1.29, 1.82) is 0 Å². The van der Waals surface area contributed by atoms with E-state index in [2.05, 4.69) is 4.98 Å². The first kappa shape index (κ1) is 13.8. The molecule has 0 aliphatic heterocycles. The smallest absolute Gasteiger partial charge is 0.213 e. The van der Waals surface area contributed by atoms with Crippen molar-refractivity contribution in [2.45, 2.75) is 10.6 Å². The van der Waals surface area contributed by atoms with Gasteiger partial charge in [-0.2, -0.15) is 0 Å². The average Bonchev–Trinajstić information content (AvgIpc) is 2.41. The Kier molecular flexibility index (Phi) is 4.39. The summed E-state index contributed by atoms with van der Waals surface area (Å²) < 4.78 is 17.3. The lowest BCUT2D eigenvalue weighted by atomic mass is 10.3. The van der Waals surface area contributed by atoms with Crippen LogP contribution < -0.4 is 10.5 Å². The quantitative estimate of drug-likeness (QED) is 0.881. The maximum Gasteiger partial charge on any atom is 0.213 e. The van der Waals surface area contributed by atoms with E-state index in [4.69, 9.17) is 22.1 Å². The highest BCUT2D eigenvalue weighted by Gasteiger charge is 2.11. The molecular weight excluding hydrogens is 284 g/mol. The van der Waals surface area contributed by atoms with Crippen LogP contribution in [-0.2, 0) is 16.6 Å². The van der Waals surface area contributed by atoms with Crippen LogP contribution in [0.1, 0.15) is 5.69 Å². The lowest BCUT2D eigenvalue weighted by molar-refractivity contribution is 0.397. The maximum atomic E-state index is 12.3. The summed E-state index contributed by atoms with van der Waals surface area (Å²) in [5.74, 6) is 0.760. The zero-order valence-electron chi connectivity index (χ0n) is 10.3. The minimum Gasteiger partial charge on any atom is -0.481 e. The number of benzene rings is 1. The molecule has 1 unspecified atom stereocenters. The molecule has 0 amide bonds. The molecule has 0 bridgehead atoms. The zero-order valence-corrected chi connectivity index (χ0v) is 11.9. The van der Waals surface area contributed by atoms with Gasteiger partial charge < -0.3 is 10.5 Å². The number of aromatic nitrogens is 1. The van der Waals surface area contributed by atoms with Crippen molar-refractivity contribution in [2.75, 3.05) is 12.8 Å². The fraction of sp³-hybridized carbons (Fsp3) is 0.154. The standard InChI is InChI=1S/C13H13ClN2O2S/c1-18-13-4-2-3-10(16-13)8-19(17)12-7-9(14)5-6-11(12)15/h2-7H,8,15H2,1H3. The lowest BCUT2D eigenvalue weighted by Crippen LogP contribution is -2.03. The summed E-state index contributed by atoms with van der Waals surface area (Å²) in [4.78, 5) is 4.74. The van der Waals surface area contributed by atoms with Gasteiger partial charge in [0.15, 0.2) is 0 Å². The molecule has 2 aromatic rings. The van der Waals surface area contributed by atoms with Crippen molar-refractivity contribution in [3.63, 3.8) is 0 Å². The third-order valence-electron chi connectivity index (χ3n) is 2.49. The Labute approximate surface area is 119 Å². The van der Waals surface area contributed by atoms with Crippen molar-refractivity contribution < 1.29 is 8.95 Å². The van der Waals surface area contributed by atoms with Crippen LogP contribution in [0.4, 0.5) is 5.69 Å². The number of hydrogen-bond donors (Lipinski definition) is 1. The molecule has 19 heavy (non-hydrogen) atoms. The SMILES string of the molecule is COc1cccc(CS(=O)c2cc(Cl)ccc2N)n1. The van der Waals surface area contributed by atoms with E-state index in [1.807, 2.05) is 0 Å². The van der Waals surface area contributed by atoms with Gasteiger partial charge in [0.2, 0.25) is 5.88 Å². The fourth-order valence-corrected chi connectivity index (χ4v) is 2.98. The molecule has 1 heterocycles. The van der Waals surface area contributed by atoms with Gasteiger partial charge in [-0.05, 0) is 24.3 Å². The average molecular weight is 297 g/mol. The number of hydrogen-bond acceptors (Lipinski definition) is 4. The number of rotatable bonds is 4. The third kappa shape index (κ3) is 3.45. The molecule has 0 spiro atoms. The molecule has 1 atom stereocenters. The van der Waals surface area contributed by atoms with E-state index in [0.29, 0.717) is 27.2 Å². The van der Waals surface area contributed by atoms with Crippen molar-refractivity contribution in [3.05, 3.63) is 47.1 Å². The highest BCUT2D eigenvalue weighted by Crippen LogP contribution is 2.23. The van der Waals surface area contributed by atoms with Crippen molar-refractivity contribution in [1.82, 2.24) is 4.98 Å². The number of ether oxygens (including phenoxy) is 1. The van der Waals surface area contributed by atoms with Gasteiger partial charge in [0.25, 0.3) is 0 Å². The van der Waals surface area contributed by atoms with Gasteiger partial charge in [-0.1, -0.05) is 17.7 Å². The van der Waals surface area contributed by atoms with Gasteiger partial charge in [-0.15, -0.1) is 0 Å². The molecule has 6 heteroatoms. The largest absolute Gasteiger partial charge is 0.481 e. The number of pyridine rings is 1. The Morgan fingerprint density at radius 1 is 1.37 bits per heavy atom. The first-order valence-electron chi connectivity index (χ1n) is 5.53. The molecule has 2 rings (SSSR count). The summed E-state index contributed by atoms with van der Waals surface area (Å²) in [6, 6.07) is 10.3. The van der Waals surface area contributed by atoms with Gasteiger partial charge in [0.1, 0.15) is 0 Å². The van der Waals surface area contributed by atoms with Crippen LogP contribution in [-0.4, -0.2) is 16.3 Å². The normalized spacial score (nSPS) is 12.1. The van der Waals surface area contributed by atoms with Crippen LogP contribution in [0, 0.1) is 0 Å². The zero-order chi connectivity index (χ0) is 13.8. The number of nitrogens with zero attached hydrogens (tertiary/aromatic N) is 1. The monoisotopic (exact) mass is 296 g/mol. The highest BCUT2D eigenvalue weighted by atomic mass is 35.5. The Balaban J connectivity index is 2.23. The summed E-state index contributed by atoms with van der Waals surface area (Å²) in [6.07, 6.45) is 0. The van der Waals surface area contributed by atoms with Crippen LogP contribution in [0.25, 0.3) is 0 Å². The van der Waals surface area contributed by atoms with Gasteiger partial charge >= 0.3 is 0 Å². The summed E-state index contributed by atoms with van der Waals surface area (Å²) in [6.45, 7) is 0. The molecule has 2 N–H and O–H groups in total. The molecule has 100 valence electrons. The Bertz CT molecular complexity index is 619. The number of nitrogens with two attached hydrogens (primary N) is 1. The van der Waals surface area contributed by atoms with Crippen LogP contribution in [0.3, 0.4) is 0 Å². The molecule has 0 aliphatic rings.